The molecule has 0 aliphatic carbocycles. The van der Waals surface area contributed by atoms with Crippen LogP contribution in [0.2, 0.25) is 0 Å². The van der Waals surface area contributed by atoms with Gasteiger partial charge in [-0.1, -0.05) is 18.2 Å². The molecule has 8 nitrogen and oxygen atoms in total. The Morgan fingerprint density at radius 1 is 1.13 bits per heavy atom. The highest BCUT2D eigenvalue weighted by Gasteiger charge is 2.31. The van der Waals surface area contributed by atoms with Crippen molar-refractivity contribution < 1.29 is 17.9 Å². The predicted molar refractivity (Wildman–Crippen MR) is 114 cm³/mol. The van der Waals surface area contributed by atoms with Gasteiger partial charge in [-0.05, 0) is 50.2 Å². The first-order valence-electron chi connectivity index (χ1n) is 9.41. The van der Waals surface area contributed by atoms with Gasteiger partial charge in [0.25, 0.3) is 10.0 Å². The molecule has 2 heterocycles. The second-order valence-electron chi connectivity index (χ2n) is 7.23. The molecule has 0 spiro atoms. The fraction of sp³-hybridized carbons (Fsp3) is 0.238. The van der Waals surface area contributed by atoms with E-state index in [1.165, 1.54) is 12.1 Å². The van der Waals surface area contributed by atoms with E-state index in [0.29, 0.717) is 12.3 Å². The minimum absolute atomic E-state index is 0.122. The molecule has 9 heteroatoms. The van der Waals surface area contributed by atoms with Crippen molar-refractivity contribution in [2.75, 3.05) is 11.3 Å². The van der Waals surface area contributed by atoms with E-state index in [1.54, 1.807) is 35.3 Å². The van der Waals surface area contributed by atoms with Crippen molar-refractivity contribution in [3.05, 3.63) is 66.9 Å². The van der Waals surface area contributed by atoms with Crippen molar-refractivity contribution in [2.45, 2.75) is 30.6 Å². The van der Waals surface area contributed by atoms with E-state index in [4.69, 9.17) is 9.47 Å². The summed E-state index contributed by atoms with van der Waals surface area (Å²) in [5.41, 5.74) is 1.46. The summed E-state index contributed by atoms with van der Waals surface area (Å²) in [7, 11) is -3.77. The molecule has 0 saturated carbocycles. The molecule has 0 bridgehead atoms. The van der Waals surface area contributed by atoms with E-state index in [0.717, 1.165) is 5.69 Å². The van der Waals surface area contributed by atoms with Gasteiger partial charge in [0.15, 0.2) is 11.6 Å². The molecule has 1 unspecified atom stereocenters. The third-order valence-corrected chi connectivity index (χ3v) is 5.79. The molecule has 0 amide bonds. The molecule has 1 atom stereocenters. The molecule has 1 N–H and O–H groups in total. The van der Waals surface area contributed by atoms with E-state index in [9.17, 15) is 8.42 Å². The second-order valence-corrected chi connectivity index (χ2v) is 8.91. The standard InChI is InChI=1S/C21H22N4O4S/c1-21(2)28-15-18(29-21)14-22-16-8-10-19(11-9-16)30(26,27)24-20-12-13-25(23-20)17-6-4-3-5-7-17/h3-14,18H,15H2,1-2H3,(H,23,24). The molecule has 1 fully saturated rings. The summed E-state index contributed by atoms with van der Waals surface area (Å²) in [6.45, 7) is 4.12. The lowest BCUT2D eigenvalue weighted by Crippen LogP contribution is -2.21. The summed E-state index contributed by atoms with van der Waals surface area (Å²) in [6.07, 6.45) is 3.12. The number of aromatic nitrogens is 2. The number of para-hydroxylation sites is 1. The highest BCUT2D eigenvalue weighted by atomic mass is 32.2. The van der Waals surface area contributed by atoms with E-state index in [2.05, 4.69) is 14.8 Å². The smallest absolute Gasteiger partial charge is 0.263 e. The first-order chi connectivity index (χ1) is 14.3. The zero-order valence-corrected chi connectivity index (χ0v) is 17.4. The first-order valence-corrected chi connectivity index (χ1v) is 10.9. The lowest BCUT2D eigenvalue weighted by molar-refractivity contribution is -0.130. The molecular weight excluding hydrogens is 404 g/mol. The number of hydrogen-bond acceptors (Lipinski definition) is 6. The zero-order chi connectivity index (χ0) is 21.2. The molecule has 30 heavy (non-hydrogen) atoms. The Bertz CT molecular complexity index is 1140. The molecule has 156 valence electrons. The summed E-state index contributed by atoms with van der Waals surface area (Å²) in [5, 5.41) is 4.27. The van der Waals surface area contributed by atoms with Gasteiger partial charge in [-0.15, -0.1) is 5.10 Å². The van der Waals surface area contributed by atoms with Crippen molar-refractivity contribution in [3.63, 3.8) is 0 Å². The van der Waals surface area contributed by atoms with Gasteiger partial charge in [0.1, 0.15) is 6.10 Å². The largest absolute Gasteiger partial charge is 0.347 e. The SMILES string of the molecule is CC1(C)OCC(C=Nc2ccc(S(=O)(=O)Nc3ccn(-c4ccccc4)n3)cc2)O1. The summed E-state index contributed by atoms with van der Waals surface area (Å²) in [6, 6.07) is 17.3. The van der Waals surface area contributed by atoms with Crippen molar-refractivity contribution in [1.29, 1.82) is 0 Å². The number of benzene rings is 2. The van der Waals surface area contributed by atoms with E-state index >= 15 is 0 Å². The average molecular weight is 426 g/mol. The molecule has 4 rings (SSSR count). The predicted octanol–water partition coefficient (Wildman–Crippen LogP) is 3.53. The van der Waals surface area contributed by atoms with Crippen molar-refractivity contribution in [3.8, 4) is 5.69 Å². The lowest BCUT2D eigenvalue weighted by Gasteiger charge is -2.15. The zero-order valence-electron chi connectivity index (χ0n) is 16.6. The second kappa shape index (κ2) is 8.02. The van der Waals surface area contributed by atoms with Gasteiger partial charge >= 0.3 is 0 Å². The number of rotatable bonds is 6. The van der Waals surface area contributed by atoms with Gasteiger partial charge in [-0.25, -0.2) is 13.1 Å². The number of anilines is 1. The molecule has 1 aromatic heterocycles. The minimum atomic E-state index is -3.77. The third kappa shape index (κ3) is 4.76. The van der Waals surface area contributed by atoms with Gasteiger partial charge in [-0.2, -0.15) is 0 Å². The fourth-order valence-corrected chi connectivity index (χ4v) is 3.97. The van der Waals surface area contributed by atoms with Gasteiger partial charge in [-0.3, -0.25) is 9.71 Å². The molecule has 1 saturated heterocycles. The molecule has 0 radical (unpaired) electrons. The minimum Gasteiger partial charge on any atom is -0.347 e. The molecule has 3 aromatic rings. The highest BCUT2D eigenvalue weighted by molar-refractivity contribution is 7.92. The maximum absolute atomic E-state index is 12.7. The third-order valence-electron chi connectivity index (χ3n) is 4.42. The van der Waals surface area contributed by atoms with Crippen molar-refractivity contribution >= 4 is 27.7 Å². The van der Waals surface area contributed by atoms with E-state index < -0.39 is 15.8 Å². The number of nitrogens with one attached hydrogen (secondary N) is 1. The van der Waals surface area contributed by atoms with Crippen LogP contribution in [0.15, 0.2) is 76.7 Å². The number of hydrogen-bond donors (Lipinski definition) is 1. The Hall–Kier alpha value is -3.01. The van der Waals surface area contributed by atoms with Crippen LogP contribution in [-0.2, 0) is 19.5 Å². The molecule has 1 aliphatic heterocycles. The Labute approximate surface area is 175 Å². The van der Waals surface area contributed by atoms with Crippen LogP contribution < -0.4 is 4.72 Å². The maximum atomic E-state index is 12.7. The van der Waals surface area contributed by atoms with Crippen LogP contribution in [-0.4, -0.2) is 42.9 Å². The quantitative estimate of drug-likeness (QED) is 0.609. The van der Waals surface area contributed by atoms with Crippen LogP contribution in [0.1, 0.15) is 13.8 Å². The van der Waals surface area contributed by atoms with Crippen LogP contribution >= 0.6 is 0 Å². The van der Waals surface area contributed by atoms with Gasteiger partial charge < -0.3 is 9.47 Å². The van der Waals surface area contributed by atoms with Crippen LogP contribution in [0.3, 0.4) is 0 Å². The summed E-state index contributed by atoms with van der Waals surface area (Å²) in [5.74, 6) is -0.379. The number of ether oxygens (including phenoxy) is 2. The van der Waals surface area contributed by atoms with Crippen molar-refractivity contribution in [2.24, 2.45) is 4.99 Å². The van der Waals surface area contributed by atoms with Crippen molar-refractivity contribution in [1.82, 2.24) is 9.78 Å². The maximum Gasteiger partial charge on any atom is 0.263 e. The Morgan fingerprint density at radius 3 is 2.53 bits per heavy atom. The first kappa shape index (κ1) is 20.3. The fourth-order valence-electron chi connectivity index (χ4n) is 2.97. The summed E-state index contributed by atoms with van der Waals surface area (Å²) < 4.78 is 40.6. The lowest BCUT2D eigenvalue weighted by atomic mass is 10.3. The van der Waals surface area contributed by atoms with Gasteiger partial charge in [0.2, 0.25) is 0 Å². The topological polar surface area (TPSA) is 94.8 Å². The van der Waals surface area contributed by atoms with E-state index in [1.807, 2.05) is 44.2 Å². The Balaban J connectivity index is 1.43. The van der Waals surface area contributed by atoms with Crippen LogP contribution in [0.5, 0.6) is 0 Å². The average Bonchev–Trinajstić information content (AvgIpc) is 3.33. The number of sulfonamides is 1. The summed E-state index contributed by atoms with van der Waals surface area (Å²) in [4.78, 5) is 4.46. The Kier molecular flexibility index (Phi) is 5.42. The summed E-state index contributed by atoms with van der Waals surface area (Å²) >= 11 is 0. The van der Waals surface area contributed by atoms with Gasteiger partial charge in [0.05, 0.1) is 22.9 Å². The molecular formula is C21H22N4O4S. The monoisotopic (exact) mass is 426 g/mol. The van der Waals surface area contributed by atoms with Crippen LogP contribution in [0, 0.1) is 0 Å². The van der Waals surface area contributed by atoms with E-state index in [-0.39, 0.29) is 16.8 Å². The van der Waals surface area contributed by atoms with Crippen LogP contribution in [0.4, 0.5) is 11.5 Å². The van der Waals surface area contributed by atoms with Crippen LogP contribution in [0.25, 0.3) is 5.69 Å². The number of nitrogens with zero attached hydrogens (tertiary/aromatic N) is 3. The number of aliphatic imine (C=N–C) groups is 1. The highest BCUT2D eigenvalue weighted by Crippen LogP contribution is 2.23. The normalized spacial score (nSPS) is 18.7. The Morgan fingerprint density at radius 2 is 1.87 bits per heavy atom. The van der Waals surface area contributed by atoms with Gasteiger partial charge in [0, 0.05) is 18.5 Å². The molecule has 1 aliphatic rings. The molecule has 2 aromatic carbocycles.